The predicted molar refractivity (Wildman–Crippen MR) is 137 cm³/mol. The van der Waals surface area contributed by atoms with Gasteiger partial charge in [-0.1, -0.05) is 49.4 Å². The van der Waals surface area contributed by atoms with Crippen molar-refractivity contribution in [2.75, 3.05) is 27.8 Å². The summed E-state index contributed by atoms with van der Waals surface area (Å²) in [4.78, 5) is 36.4. The number of carbonyl (C=O) groups excluding carboxylic acids is 3. The third kappa shape index (κ3) is 7.78. The van der Waals surface area contributed by atoms with Crippen LogP contribution >= 0.6 is 0 Å². The first-order valence-electron chi connectivity index (χ1n) is 11.3. The summed E-state index contributed by atoms with van der Waals surface area (Å²) in [6.45, 7) is 3.73. The number of nitrogens with one attached hydrogen (secondary N) is 4. The predicted octanol–water partition coefficient (Wildman–Crippen LogP) is 4.97. The molecule has 0 bridgehead atoms. The van der Waals surface area contributed by atoms with Crippen molar-refractivity contribution in [3.63, 3.8) is 0 Å². The summed E-state index contributed by atoms with van der Waals surface area (Å²) in [5.41, 5.74) is 4.69. The summed E-state index contributed by atoms with van der Waals surface area (Å²) in [5.74, 6) is -0.377. The molecule has 4 N–H and O–H groups in total. The molecule has 0 aliphatic heterocycles. The van der Waals surface area contributed by atoms with Gasteiger partial charge in [0.05, 0.1) is 6.54 Å². The summed E-state index contributed by atoms with van der Waals surface area (Å²) in [5, 5.41) is 11.6. The molecule has 0 heterocycles. The van der Waals surface area contributed by atoms with E-state index in [1.807, 2.05) is 61.5 Å². The molecule has 3 rings (SSSR count). The zero-order valence-electron chi connectivity index (χ0n) is 19.5. The average Bonchev–Trinajstić information content (AvgIpc) is 2.84. The summed E-state index contributed by atoms with van der Waals surface area (Å²) in [6, 6.07) is 22.5. The number of anilines is 4. The fourth-order valence-electron chi connectivity index (χ4n) is 3.29. The van der Waals surface area contributed by atoms with Gasteiger partial charge >= 0.3 is 0 Å². The van der Waals surface area contributed by atoms with Crippen molar-refractivity contribution in [1.29, 1.82) is 0 Å². The van der Waals surface area contributed by atoms with Gasteiger partial charge in [0.25, 0.3) is 0 Å². The molecule has 0 saturated heterocycles. The van der Waals surface area contributed by atoms with Gasteiger partial charge in [0.15, 0.2) is 0 Å². The highest BCUT2D eigenvalue weighted by Crippen LogP contribution is 2.21. The Hall–Kier alpha value is -4.13. The Bertz CT molecular complexity index is 1150. The molecule has 7 nitrogen and oxygen atoms in total. The van der Waals surface area contributed by atoms with E-state index in [-0.39, 0.29) is 24.3 Å². The van der Waals surface area contributed by atoms with Gasteiger partial charge in [0.1, 0.15) is 0 Å². The monoisotopic (exact) mass is 458 g/mol. The minimum Gasteiger partial charge on any atom is -0.376 e. The molecule has 0 aromatic heterocycles. The molecule has 0 aliphatic carbocycles. The van der Waals surface area contributed by atoms with E-state index in [4.69, 9.17) is 0 Å². The Morgan fingerprint density at radius 1 is 0.706 bits per heavy atom. The normalized spacial score (nSPS) is 10.3. The Morgan fingerprint density at radius 3 is 2.18 bits per heavy atom. The van der Waals surface area contributed by atoms with Gasteiger partial charge in [-0.3, -0.25) is 14.4 Å². The van der Waals surface area contributed by atoms with Gasteiger partial charge in [-0.2, -0.15) is 0 Å². The second-order valence-corrected chi connectivity index (χ2v) is 7.95. The number of hydrogen-bond acceptors (Lipinski definition) is 4. The summed E-state index contributed by atoms with van der Waals surface area (Å²) >= 11 is 0. The minimum absolute atomic E-state index is 0.0515. The molecular weight excluding hydrogens is 428 g/mol. The standard InChI is InChI=1S/C27H30N4O3/c1-3-25(32)31-24-17-23(14-12-19(24)2)30-27(34)18-28-21-10-7-11-22(16-21)29-26(33)15-13-20-8-5-4-6-9-20/h4-12,14,16-17,28H,3,13,15,18H2,1-2H3,(H,29,33)(H,30,34)(H,31,32). The van der Waals surface area contributed by atoms with Gasteiger partial charge in [0.2, 0.25) is 17.7 Å². The lowest BCUT2D eigenvalue weighted by Crippen LogP contribution is -2.22. The van der Waals surface area contributed by atoms with E-state index in [1.54, 1.807) is 25.1 Å². The smallest absolute Gasteiger partial charge is 0.243 e. The van der Waals surface area contributed by atoms with E-state index in [0.29, 0.717) is 36.3 Å². The Morgan fingerprint density at radius 2 is 1.41 bits per heavy atom. The molecule has 3 amide bonds. The fourth-order valence-corrected chi connectivity index (χ4v) is 3.29. The maximum Gasteiger partial charge on any atom is 0.243 e. The molecule has 0 unspecified atom stereocenters. The molecule has 0 aliphatic rings. The minimum atomic E-state index is -0.228. The molecule has 3 aromatic rings. The summed E-state index contributed by atoms with van der Waals surface area (Å²) in [7, 11) is 0. The van der Waals surface area contributed by atoms with Gasteiger partial charge in [-0.05, 0) is 54.8 Å². The van der Waals surface area contributed by atoms with E-state index >= 15 is 0 Å². The van der Waals surface area contributed by atoms with Crippen molar-refractivity contribution >= 4 is 40.5 Å². The van der Waals surface area contributed by atoms with Crippen molar-refractivity contribution in [1.82, 2.24) is 0 Å². The van der Waals surface area contributed by atoms with E-state index < -0.39 is 0 Å². The fraction of sp³-hybridized carbons (Fsp3) is 0.222. The molecule has 0 saturated carbocycles. The second-order valence-electron chi connectivity index (χ2n) is 7.95. The number of benzene rings is 3. The summed E-state index contributed by atoms with van der Waals surface area (Å²) in [6.07, 6.45) is 1.45. The molecule has 0 radical (unpaired) electrons. The lowest BCUT2D eigenvalue weighted by molar-refractivity contribution is -0.116. The largest absolute Gasteiger partial charge is 0.376 e. The van der Waals surface area contributed by atoms with E-state index in [2.05, 4.69) is 21.3 Å². The summed E-state index contributed by atoms with van der Waals surface area (Å²) < 4.78 is 0. The van der Waals surface area contributed by atoms with Gasteiger partial charge in [-0.25, -0.2) is 0 Å². The first kappa shape index (κ1) is 24.5. The van der Waals surface area contributed by atoms with Crippen LogP contribution in [-0.4, -0.2) is 24.3 Å². The number of hydrogen-bond donors (Lipinski definition) is 4. The van der Waals surface area contributed by atoms with Crippen LogP contribution in [0.15, 0.2) is 72.8 Å². The highest BCUT2D eigenvalue weighted by atomic mass is 16.2. The van der Waals surface area contributed by atoms with Crippen molar-refractivity contribution in [2.45, 2.75) is 33.1 Å². The number of amides is 3. The zero-order chi connectivity index (χ0) is 24.3. The van der Waals surface area contributed by atoms with E-state index in [0.717, 1.165) is 16.8 Å². The van der Waals surface area contributed by atoms with Crippen LogP contribution < -0.4 is 21.3 Å². The van der Waals surface area contributed by atoms with Crippen molar-refractivity contribution < 1.29 is 14.4 Å². The third-order valence-electron chi connectivity index (χ3n) is 5.20. The molecule has 0 atom stereocenters. The van der Waals surface area contributed by atoms with Crippen LogP contribution in [0.2, 0.25) is 0 Å². The third-order valence-corrected chi connectivity index (χ3v) is 5.20. The zero-order valence-corrected chi connectivity index (χ0v) is 19.5. The molecule has 0 spiro atoms. The van der Waals surface area contributed by atoms with Gasteiger partial charge in [-0.15, -0.1) is 0 Å². The van der Waals surface area contributed by atoms with E-state index in [1.165, 1.54) is 0 Å². The molecule has 3 aromatic carbocycles. The highest BCUT2D eigenvalue weighted by Gasteiger charge is 2.08. The number of rotatable bonds is 10. The van der Waals surface area contributed by atoms with Crippen LogP contribution in [0.4, 0.5) is 22.7 Å². The molecule has 34 heavy (non-hydrogen) atoms. The van der Waals surface area contributed by atoms with Crippen molar-refractivity contribution in [3.05, 3.63) is 83.9 Å². The molecular formula is C27H30N4O3. The van der Waals surface area contributed by atoms with Gasteiger partial charge in [0, 0.05) is 35.6 Å². The number of aryl methyl sites for hydroxylation is 2. The lowest BCUT2D eigenvalue weighted by atomic mass is 10.1. The topological polar surface area (TPSA) is 99.3 Å². The molecule has 7 heteroatoms. The SMILES string of the molecule is CCC(=O)Nc1cc(NC(=O)CNc2cccc(NC(=O)CCc3ccccc3)c2)ccc1C. The van der Waals surface area contributed by atoms with Crippen LogP contribution in [-0.2, 0) is 20.8 Å². The van der Waals surface area contributed by atoms with Crippen LogP contribution in [0.3, 0.4) is 0 Å². The van der Waals surface area contributed by atoms with E-state index in [9.17, 15) is 14.4 Å². The van der Waals surface area contributed by atoms with Crippen LogP contribution in [0.1, 0.15) is 30.9 Å². The lowest BCUT2D eigenvalue weighted by Gasteiger charge is -2.12. The van der Waals surface area contributed by atoms with Crippen LogP contribution in [0.25, 0.3) is 0 Å². The maximum atomic E-state index is 12.4. The van der Waals surface area contributed by atoms with Crippen molar-refractivity contribution in [3.8, 4) is 0 Å². The molecule has 0 fully saturated rings. The second kappa shape index (κ2) is 12.2. The first-order chi connectivity index (χ1) is 16.4. The Balaban J connectivity index is 1.49. The van der Waals surface area contributed by atoms with Crippen molar-refractivity contribution in [2.24, 2.45) is 0 Å². The number of carbonyl (C=O) groups is 3. The van der Waals surface area contributed by atoms with Crippen LogP contribution in [0, 0.1) is 6.92 Å². The maximum absolute atomic E-state index is 12.4. The average molecular weight is 459 g/mol. The highest BCUT2D eigenvalue weighted by molar-refractivity contribution is 5.96. The first-order valence-corrected chi connectivity index (χ1v) is 11.3. The van der Waals surface area contributed by atoms with Gasteiger partial charge < -0.3 is 21.3 Å². The van der Waals surface area contributed by atoms with Crippen LogP contribution in [0.5, 0.6) is 0 Å². The Labute approximate surface area is 200 Å². The quantitative estimate of drug-likeness (QED) is 0.345. The molecule has 176 valence electrons. The Kier molecular flexibility index (Phi) is 8.80.